The van der Waals surface area contributed by atoms with Gasteiger partial charge >= 0.3 is 71.1 Å². The van der Waals surface area contributed by atoms with Gasteiger partial charge in [-0.3, -0.25) is 0 Å². The topological polar surface area (TPSA) is 222 Å². The van der Waals surface area contributed by atoms with Crippen LogP contribution in [0.4, 0.5) is 0 Å². The van der Waals surface area contributed by atoms with Gasteiger partial charge in [0.25, 0.3) is 0 Å². The molecule has 48 heavy (non-hydrogen) atoms. The summed E-state index contributed by atoms with van der Waals surface area (Å²) >= 11 is 0. The number of methoxy groups -OCH3 is 2. The van der Waals surface area contributed by atoms with Crippen LogP contribution in [-0.2, 0) is 58.1 Å². The summed E-state index contributed by atoms with van der Waals surface area (Å²) < 4.78 is 106. The van der Waals surface area contributed by atoms with Crippen molar-refractivity contribution in [3.05, 3.63) is 59.7 Å². The van der Waals surface area contributed by atoms with Crippen LogP contribution < -0.4 is 59.1 Å². The van der Waals surface area contributed by atoms with E-state index in [2.05, 4.69) is 0 Å². The molecule has 0 saturated carbocycles. The molecule has 0 aliphatic heterocycles. The summed E-state index contributed by atoms with van der Waals surface area (Å²) in [6.45, 7) is 3.48. The van der Waals surface area contributed by atoms with Crippen molar-refractivity contribution in [2.45, 2.75) is 9.79 Å². The van der Waals surface area contributed by atoms with Crippen molar-refractivity contribution in [1.29, 1.82) is 0 Å². The summed E-state index contributed by atoms with van der Waals surface area (Å²) in [5.74, 6) is -1.78. The second-order valence-corrected chi connectivity index (χ2v) is 11.3. The average molecular weight is 741 g/mol. The Morgan fingerprint density at radius 2 is 0.771 bits per heavy atom. The van der Waals surface area contributed by atoms with Crippen molar-refractivity contribution < 1.29 is 133 Å². The van der Waals surface area contributed by atoms with Crippen molar-refractivity contribution in [3.63, 3.8) is 0 Å². The molecule has 0 unspecified atom stereocenters. The van der Waals surface area contributed by atoms with E-state index < -0.39 is 42.0 Å². The van der Waals surface area contributed by atoms with E-state index in [9.17, 15) is 35.5 Å². The molecule has 0 amide bonds. The predicted octanol–water partition coefficient (Wildman–Crippen LogP) is -5.14. The number of benzene rings is 2. The number of carbonyl (C=O) groups is 2. The standard InChI is InChI=1S/2C14H20O8S.2Na/c2*1-19-6-7-20-8-9-21-10-11-22-14(15)12-4-2-3-5-13(12)23(16,17)18;;/h2*2-5H,6-11H2,1H3,(H,16,17,18);;/q;;2*+1/p-2. The first-order chi connectivity index (χ1) is 21.9. The average Bonchev–Trinajstić information content (AvgIpc) is 3.02. The maximum atomic E-state index is 11.8. The molecule has 0 N–H and O–H groups in total. The van der Waals surface area contributed by atoms with E-state index in [1.165, 1.54) is 36.4 Å². The summed E-state index contributed by atoms with van der Waals surface area (Å²) in [5, 5.41) is 0. The molecule has 0 fully saturated rings. The minimum atomic E-state index is -4.74. The van der Waals surface area contributed by atoms with Gasteiger partial charge in [-0.25, -0.2) is 26.4 Å². The Labute approximate surface area is 325 Å². The van der Waals surface area contributed by atoms with E-state index in [0.29, 0.717) is 52.9 Å². The Morgan fingerprint density at radius 1 is 0.500 bits per heavy atom. The second kappa shape index (κ2) is 28.6. The van der Waals surface area contributed by atoms with Gasteiger partial charge in [-0.15, -0.1) is 0 Å². The van der Waals surface area contributed by atoms with Gasteiger partial charge in [0.15, 0.2) is 0 Å². The van der Waals surface area contributed by atoms with Crippen LogP contribution in [-0.4, -0.2) is 131 Å². The summed E-state index contributed by atoms with van der Waals surface area (Å²) in [6.07, 6.45) is 0. The molecule has 20 heteroatoms. The van der Waals surface area contributed by atoms with E-state index in [0.717, 1.165) is 12.1 Å². The molecule has 0 radical (unpaired) electrons. The number of hydrogen-bond acceptors (Lipinski definition) is 16. The molecule has 0 bridgehead atoms. The summed E-state index contributed by atoms with van der Waals surface area (Å²) in [4.78, 5) is 22.4. The molecule has 260 valence electrons. The van der Waals surface area contributed by atoms with E-state index in [1.807, 2.05) is 0 Å². The van der Waals surface area contributed by atoms with Crippen LogP contribution in [0.2, 0.25) is 0 Å². The van der Waals surface area contributed by atoms with Crippen LogP contribution in [0.3, 0.4) is 0 Å². The Balaban J connectivity index is 0. The maximum Gasteiger partial charge on any atom is 1.00 e. The second-order valence-electron chi connectivity index (χ2n) is 8.61. The number of hydrogen-bond donors (Lipinski definition) is 0. The summed E-state index contributed by atoms with van der Waals surface area (Å²) in [5.41, 5.74) is -0.573. The zero-order valence-corrected chi connectivity index (χ0v) is 33.1. The first-order valence-electron chi connectivity index (χ1n) is 13.7. The Morgan fingerprint density at radius 3 is 1.06 bits per heavy atom. The van der Waals surface area contributed by atoms with Crippen LogP contribution in [0.25, 0.3) is 0 Å². The molecule has 0 spiro atoms. The quantitative estimate of drug-likeness (QED) is 0.0477. The molecule has 2 rings (SSSR count). The zero-order valence-electron chi connectivity index (χ0n) is 27.5. The third-order valence-corrected chi connectivity index (χ3v) is 7.07. The molecular formula is C28H38Na2O16S2. The molecule has 16 nitrogen and oxygen atoms in total. The minimum absolute atomic E-state index is 0. The van der Waals surface area contributed by atoms with Crippen molar-refractivity contribution in [2.75, 3.05) is 93.5 Å². The fraction of sp³-hybridized carbons (Fsp3) is 0.500. The number of rotatable bonds is 22. The number of ether oxygens (including phenoxy) is 8. The zero-order chi connectivity index (χ0) is 34.3. The van der Waals surface area contributed by atoms with Crippen LogP contribution in [0, 0.1) is 0 Å². The summed E-state index contributed by atoms with van der Waals surface area (Å²) in [7, 11) is -6.33. The molecule has 2 aromatic rings. The molecular weight excluding hydrogens is 702 g/mol. The molecule has 0 aliphatic rings. The molecule has 2 aromatic carbocycles. The first-order valence-corrected chi connectivity index (χ1v) is 16.5. The van der Waals surface area contributed by atoms with Crippen molar-refractivity contribution in [2.24, 2.45) is 0 Å². The van der Waals surface area contributed by atoms with Gasteiger partial charge in [0.2, 0.25) is 0 Å². The van der Waals surface area contributed by atoms with Gasteiger partial charge < -0.3 is 47.0 Å². The van der Waals surface area contributed by atoms with E-state index in [-0.39, 0.29) is 96.7 Å². The SMILES string of the molecule is COCCOCCOCCOC(=O)c1ccccc1S(=O)(=O)[O-].COCCOCCOCCOC(=O)c1ccccc1S(=O)(=O)[O-].[Na+].[Na+]. The predicted molar refractivity (Wildman–Crippen MR) is 156 cm³/mol. The maximum absolute atomic E-state index is 11.8. The Bertz CT molecular complexity index is 1290. The minimum Gasteiger partial charge on any atom is -0.744 e. The number of carbonyl (C=O) groups excluding carboxylic acids is 2. The third-order valence-electron chi connectivity index (χ3n) is 5.28. The fourth-order valence-electron chi connectivity index (χ4n) is 3.18. The largest absolute Gasteiger partial charge is 1.00 e. The van der Waals surface area contributed by atoms with Gasteiger partial charge in [0.1, 0.15) is 33.5 Å². The first kappa shape index (κ1) is 49.1. The fourth-order valence-corrected chi connectivity index (χ4v) is 4.51. The smallest absolute Gasteiger partial charge is 0.744 e. The van der Waals surface area contributed by atoms with Crippen molar-refractivity contribution in [3.8, 4) is 0 Å². The van der Waals surface area contributed by atoms with Gasteiger partial charge in [-0.1, -0.05) is 24.3 Å². The van der Waals surface area contributed by atoms with Gasteiger partial charge in [-0.2, -0.15) is 0 Å². The molecule has 0 aliphatic carbocycles. The van der Waals surface area contributed by atoms with E-state index in [4.69, 9.17) is 37.9 Å². The van der Waals surface area contributed by atoms with Crippen LogP contribution in [0.5, 0.6) is 0 Å². The normalized spacial score (nSPS) is 10.9. The summed E-state index contributed by atoms with van der Waals surface area (Å²) in [6, 6.07) is 10.2. The monoisotopic (exact) mass is 740 g/mol. The molecule has 0 atom stereocenters. The Kier molecular flexibility index (Phi) is 29.3. The Hall–Kier alpha value is -1.04. The van der Waals surface area contributed by atoms with Crippen LogP contribution in [0.1, 0.15) is 20.7 Å². The van der Waals surface area contributed by atoms with E-state index >= 15 is 0 Å². The van der Waals surface area contributed by atoms with Crippen LogP contribution in [0.15, 0.2) is 58.3 Å². The van der Waals surface area contributed by atoms with Gasteiger partial charge in [0.05, 0.1) is 87.0 Å². The van der Waals surface area contributed by atoms with Crippen LogP contribution >= 0.6 is 0 Å². The molecule has 0 saturated heterocycles. The number of esters is 2. The third kappa shape index (κ3) is 21.9. The molecule has 0 aromatic heterocycles. The van der Waals surface area contributed by atoms with Crippen molar-refractivity contribution >= 4 is 32.2 Å². The van der Waals surface area contributed by atoms with Gasteiger partial charge in [0, 0.05) is 14.2 Å². The van der Waals surface area contributed by atoms with E-state index in [1.54, 1.807) is 14.2 Å². The van der Waals surface area contributed by atoms with Gasteiger partial charge in [-0.05, 0) is 24.3 Å². The molecule has 0 heterocycles. The van der Waals surface area contributed by atoms with Crippen molar-refractivity contribution in [1.82, 2.24) is 0 Å².